The molecule has 150 valence electrons. The summed E-state index contributed by atoms with van der Waals surface area (Å²) >= 11 is 1.44. The molecular formula is C21H21FN4O2S. The van der Waals surface area contributed by atoms with Crippen LogP contribution in [0.15, 0.2) is 54.2 Å². The third-order valence-corrected chi connectivity index (χ3v) is 5.14. The van der Waals surface area contributed by atoms with Gasteiger partial charge in [0.2, 0.25) is 5.91 Å². The van der Waals surface area contributed by atoms with Gasteiger partial charge in [0.25, 0.3) is 5.91 Å². The Morgan fingerprint density at radius 1 is 1.14 bits per heavy atom. The predicted octanol–water partition coefficient (Wildman–Crippen LogP) is 3.42. The number of rotatable bonds is 7. The van der Waals surface area contributed by atoms with E-state index >= 15 is 0 Å². The lowest BCUT2D eigenvalue weighted by atomic mass is 10.0. The molecule has 0 radical (unpaired) electrons. The molecule has 3 aromatic rings. The standard InChI is InChI=1S/C21H21FN4O2S/c1-13(2)19(26-20(27)15-5-3-4-6-16(15)22)21(28)24-11-18-25-17(12-29-18)14-7-9-23-10-8-14/h3-10,12-13,19H,11H2,1-2H3,(H,24,28)(H,26,27). The number of hydrogen-bond donors (Lipinski definition) is 2. The maximum atomic E-state index is 13.8. The summed E-state index contributed by atoms with van der Waals surface area (Å²) in [6.07, 6.45) is 3.39. The second-order valence-corrected chi connectivity index (χ2v) is 7.70. The van der Waals surface area contributed by atoms with Gasteiger partial charge in [-0.05, 0) is 30.2 Å². The third-order valence-electron chi connectivity index (χ3n) is 4.30. The van der Waals surface area contributed by atoms with Crippen LogP contribution in [-0.2, 0) is 11.3 Å². The van der Waals surface area contributed by atoms with Crippen LogP contribution in [0.3, 0.4) is 0 Å². The zero-order valence-corrected chi connectivity index (χ0v) is 16.9. The van der Waals surface area contributed by atoms with Gasteiger partial charge in [-0.1, -0.05) is 26.0 Å². The van der Waals surface area contributed by atoms with Gasteiger partial charge in [-0.25, -0.2) is 9.37 Å². The summed E-state index contributed by atoms with van der Waals surface area (Å²) in [4.78, 5) is 33.5. The molecule has 2 aromatic heterocycles. The lowest BCUT2D eigenvalue weighted by Gasteiger charge is -2.21. The molecule has 0 spiro atoms. The van der Waals surface area contributed by atoms with E-state index in [1.165, 1.54) is 29.5 Å². The number of benzene rings is 1. The van der Waals surface area contributed by atoms with Gasteiger partial charge in [-0.15, -0.1) is 11.3 Å². The Balaban J connectivity index is 1.62. The average molecular weight is 412 g/mol. The molecule has 3 rings (SSSR count). The second-order valence-electron chi connectivity index (χ2n) is 6.76. The number of carbonyl (C=O) groups excluding carboxylic acids is 2. The quantitative estimate of drug-likeness (QED) is 0.623. The third kappa shape index (κ3) is 5.23. The van der Waals surface area contributed by atoms with Crippen molar-refractivity contribution in [2.75, 3.05) is 0 Å². The highest BCUT2D eigenvalue weighted by Gasteiger charge is 2.25. The van der Waals surface area contributed by atoms with Crippen LogP contribution < -0.4 is 10.6 Å². The summed E-state index contributed by atoms with van der Waals surface area (Å²) in [6, 6.07) is 8.62. The maximum Gasteiger partial charge on any atom is 0.254 e. The van der Waals surface area contributed by atoms with Crippen molar-refractivity contribution in [2.45, 2.75) is 26.4 Å². The molecule has 8 heteroatoms. The fourth-order valence-corrected chi connectivity index (χ4v) is 3.46. The van der Waals surface area contributed by atoms with Crippen molar-refractivity contribution in [3.05, 3.63) is 70.6 Å². The number of aromatic nitrogens is 2. The molecule has 1 aromatic carbocycles. The van der Waals surface area contributed by atoms with Crippen LogP contribution in [-0.4, -0.2) is 27.8 Å². The molecule has 29 heavy (non-hydrogen) atoms. The lowest BCUT2D eigenvalue weighted by molar-refractivity contribution is -0.124. The minimum Gasteiger partial charge on any atom is -0.348 e. The van der Waals surface area contributed by atoms with E-state index < -0.39 is 17.8 Å². The topological polar surface area (TPSA) is 84.0 Å². The second kappa shape index (κ2) is 9.38. The van der Waals surface area contributed by atoms with E-state index in [0.29, 0.717) is 0 Å². The van der Waals surface area contributed by atoms with Gasteiger partial charge in [-0.3, -0.25) is 14.6 Å². The Bertz CT molecular complexity index is 991. The zero-order chi connectivity index (χ0) is 20.8. The van der Waals surface area contributed by atoms with Gasteiger partial charge in [-0.2, -0.15) is 0 Å². The van der Waals surface area contributed by atoms with Gasteiger partial charge in [0.1, 0.15) is 16.9 Å². The van der Waals surface area contributed by atoms with Gasteiger partial charge in [0, 0.05) is 23.3 Å². The number of halogens is 1. The number of hydrogen-bond acceptors (Lipinski definition) is 5. The average Bonchev–Trinajstić information content (AvgIpc) is 3.20. The van der Waals surface area contributed by atoms with Crippen molar-refractivity contribution >= 4 is 23.2 Å². The van der Waals surface area contributed by atoms with Crippen LogP contribution in [0.2, 0.25) is 0 Å². The minimum absolute atomic E-state index is 0.0899. The van der Waals surface area contributed by atoms with Gasteiger partial charge in [0.15, 0.2) is 0 Å². The van der Waals surface area contributed by atoms with Crippen molar-refractivity contribution in [1.29, 1.82) is 0 Å². The molecule has 6 nitrogen and oxygen atoms in total. The number of nitrogens with one attached hydrogen (secondary N) is 2. The summed E-state index contributed by atoms with van der Waals surface area (Å²) < 4.78 is 13.8. The molecule has 1 unspecified atom stereocenters. The fraction of sp³-hybridized carbons (Fsp3) is 0.238. The molecule has 1 atom stereocenters. The molecule has 0 aliphatic carbocycles. The van der Waals surface area contributed by atoms with Crippen LogP contribution in [0.4, 0.5) is 4.39 Å². The molecule has 2 amide bonds. The SMILES string of the molecule is CC(C)C(NC(=O)c1ccccc1F)C(=O)NCc1nc(-c2ccncc2)cs1. The van der Waals surface area contributed by atoms with Crippen LogP contribution in [0.5, 0.6) is 0 Å². The van der Waals surface area contributed by atoms with Crippen molar-refractivity contribution < 1.29 is 14.0 Å². The highest BCUT2D eigenvalue weighted by atomic mass is 32.1. The van der Waals surface area contributed by atoms with Crippen LogP contribution in [0.1, 0.15) is 29.2 Å². The number of nitrogens with zero attached hydrogens (tertiary/aromatic N) is 2. The Morgan fingerprint density at radius 3 is 2.55 bits per heavy atom. The first-order valence-electron chi connectivity index (χ1n) is 9.13. The Morgan fingerprint density at radius 2 is 1.86 bits per heavy atom. The molecule has 0 aliphatic rings. The van der Waals surface area contributed by atoms with Crippen molar-refractivity contribution in [1.82, 2.24) is 20.6 Å². The lowest BCUT2D eigenvalue weighted by Crippen LogP contribution is -2.49. The number of pyridine rings is 1. The first kappa shape index (κ1) is 20.6. The smallest absolute Gasteiger partial charge is 0.254 e. The first-order valence-corrected chi connectivity index (χ1v) is 10.0. The number of carbonyl (C=O) groups is 2. The molecule has 0 aliphatic heterocycles. The summed E-state index contributed by atoms with van der Waals surface area (Å²) in [5.74, 6) is -1.76. The summed E-state index contributed by atoms with van der Waals surface area (Å²) in [5, 5.41) is 8.09. The van der Waals surface area contributed by atoms with Crippen molar-refractivity contribution in [2.24, 2.45) is 5.92 Å². The maximum absolute atomic E-state index is 13.8. The van der Waals surface area contributed by atoms with Gasteiger partial charge < -0.3 is 10.6 Å². The summed E-state index contributed by atoms with van der Waals surface area (Å²) in [6.45, 7) is 3.88. The molecule has 0 bridgehead atoms. The van der Waals surface area contributed by atoms with E-state index in [1.807, 2.05) is 31.4 Å². The van der Waals surface area contributed by atoms with Crippen molar-refractivity contribution in [3.8, 4) is 11.3 Å². The number of thiazole rings is 1. The largest absolute Gasteiger partial charge is 0.348 e. The fourth-order valence-electron chi connectivity index (χ4n) is 2.72. The van der Waals surface area contributed by atoms with Gasteiger partial charge >= 0.3 is 0 Å². The first-order chi connectivity index (χ1) is 14.0. The Labute approximate surface area is 172 Å². The molecular weight excluding hydrogens is 391 g/mol. The van der Waals surface area contributed by atoms with E-state index in [0.717, 1.165) is 16.3 Å². The number of amides is 2. The van der Waals surface area contributed by atoms with Crippen LogP contribution >= 0.6 is 11.3 Å². The predicted molar refractivity (Wildman–Crippen MR) is 110 cm³/mol. The Kier molecular flexibility index (Phi) is 6.66. The molecule has 2 N–H and O–H groups in total. The van der Waals surface area contributed by atoms with E-state index in [1.54, 1.807) is 18.5 Å². The van der Waals surface area contributed by atoms with E-state index in [9.17, 15) is 14.0 Å². The van der Waals surface area contributed by atoms with Crippen molar-refractivity contribution in [3.63, 3.8) is 0 Å². The highest BCUT2D eigenvalue weighted by Crippen LogP contribution is 2.21. The van der Waals surface area contributed by atoms with Crippen LogP contribution in [0.25, 0.3) is 11.3 Å². The molecule has 0 saturated heterocycles. The molecule has 0 fully saturated rings. The minimum atomic E-state index is -0.790. The normalized spacial score (nSPS) is 11.9. The highest BCUT2D eigenvalue weighted by molar-refractivity contribution is 7.09. The summed E-state index contributed by atoms with van der Waals surface area (Å²) in [5.41, 5.74) is 1.67. The van der Waals surface area contributed by atoms with Crippen LogP contribution in [0, 0.1) is 11.7 Å². The Hall–Kier alpha value is -3.13. The monoisotopic (exact) mass is 412 g/mol. The van der Waals surface area contributed by atoms with E-state index in [4.69, 9.17) is 0 Å². The molecule has 0 saturated carbocycles. The summed E-state index contributed by atoms with van der Waals surface area (Å²) in [7, 11) is 0. The molecule has 2 heterocycles. The van der Waals surface area contributed by atoms with E-state index in [2.05, 4.69) is 20.6 Å². The zero-order valence-electron chi connectivity index (χ0n) is 16.1. The van der Waals surface area contributed by atoms with Gasteiger partial charge in [0.05, 0.1) is 17.8 Å². The van der Waals surface area contributed by atoms with E-state index in [-0.39, 0.29) is 23.9 Å².